The van der Waals surface area contributed by atoms with Gasteiger partial charge in [0, 0.05) is 11.6 Å². The predicted octanol–water partition coefficient (Wildman–Crippen LogP) is 2.49. The van der Waals surface area contributed by atoms with Crippen LogP contribution >= 0.6 is 0 Å². The van der Waals surface area contributed by atoms with Crippen LogP contribution in [0, 0.1) is 24.1 Å². The molecular weight excluding hydrogens is 167 g/mol. The number of nitriles is 1. The van der Waals surface area contributed by atoms with E-state index in [1.165, 1.54) is 6.07 Å². The summed E-state index contributed by atoms with van der Waals surface area (Å²) in [5.74, 6) is -0.349. The minimum Gasteiger partial charge on any atom is -0.361 e. The van der Waals surface area contributed by atoms with Gasteiger partial charge in [0.2, 0.25) is 0 Å². The molecule has 0 radical (unpaired) electrons. The quantitative estimate of drug-likeness (QED) is 0.654. The predicted molar refractivity (Wildman–Crippen MR) is 47.7 cm³/mol. The molecule has 1 N–H and O–H groups in total. The number of fused-ring (bicyclic) bond motifs is 1. The third-order valence-corrected chi connectivity index (χ3v) is 2.17. The molecule has 0 aliphatic carbocycles. The fraction of sp³-hybridized carbons (Fsp3) is 0.100. The van der Waals surface area contributed by atoms with Gasteiger partial charge in [-0.2, -0.15) is 5.26 Å². The Morgan fingerprint density at radius 3 is 3.00 bits per heavy atom. The first-order valence-corrected chi connectivity index (χ1v) is 3.90. The van der Waals surface area contributed by atoms with E-state index in [0.29, 0.717) is 16.5 Å². The molecule has 2 nitrogen and oxygen atoms in total. The van der Waals surface area contributed by atoms with E-state index in [-0.39, 0.29) is 5.82 Å². The first kappa shape index (κ1) is 7.81. The number of aromatic amines is 1. The van der Waals surface area contributed by atoms with Crippen molar-refractivity contribution in [2.75, 3.05) is 0 Å². The van der Waals surface area contributed by atoms with Gasteiger partial charge in [-0.25, -0.2) is 4.39 Å². The summed E-state index contributed by atoms with van der Waals surface area (Å²) in [6.07, 6.45) is 1.67. The van der Waals surface area contributed by atoms with E-state index < -0.39 is 0 Å². The number of nitrogens with one attached hydrogen (secondary N) is 1. The number of hydrogen-bond acceptors (Lipinski definition) is 1. The highest BCUT2D eigenvalue weighted by atomic mass is 19.1. The highest BCUT2D eigenvalue weighted by molar-refractivity contribution is 5.84. The van der Waals surface area contributed by atoms with Crippen LogP contribution in [-0.4, -0.2) is 4.98 Å². The van der Waals surface area contributed by atoms with Gasteiger partial charge >= 0.3 is 0 Å². The van der Waals surface area contributed by atoms with E-state index >= 15 is 0 Å². The lowest BCUT2D eigenvalue weighted by atomic mass is 10.1. The Hall–Kier alpha value is -1.82. The highest BCUT2D eigenvalue weighted by Gasteiger charge is 2.08. The van der Waals surface area contributed by atoms with Gasteiger partial charge in [0.15, 0.2) is 0 Å². The number of H-pyrrole nitrogens is 1. The molecule has 0 atom stereocenters. The lowest BCUT2D eigenvalue weighted by Gasteiger charge is -2.00. The number of nitrogens with zero attached hydrogens (tertiary/aromatic N) is 1. The fourth-order valence-electron chi connectivity index (χ4n) is 1.44. The van der Waals surface area contributed by atoms with Crippen LogP contribution in [0.25, 0.3) is 10.9 Å². The van der Waals surface area contributed by atoms with Crippen molar-refractivity contribution in [1.29, 1.82) is 5.26 Å². The molecule has 0 saturated carbocycles. The molecule has 1 aromatic heterocycles. The van der Waals surface area contributed by atoms with E-state index in [0.717, 1.165) is 5.56 Å². The van der Waals surface area contributed by atoms with E-state index in [9.17, 15) is 4.39 Å². The third-order valence-electron chi connectivity index (χ3n) is 2.17. The molecule has 0 spiro atoms. The zero-order chi connectivity index (χ0) is 9.42. The van der Waals surface area contributed by atoms with Crippen LogP contribution in [0.15, 0.2) is 18.3 Å². The van der Waals surface area contributed by atoms with Crippen LogP contribution in [0.3, 0.4) is 0 Å². The van der Waals surface area contributed by atoms with Crippen molar-refractivity contribution in [3.8, 4) is 6.07 Å². The SMILES string of the molecule is Cc1c(C#N)cc(F)c2cc[nH]c12. The molecule has 0 bridgehead atoms. The summed E-state index contributed by atoms with van der Waals surface area (Å²) >= 11 is 0. The van der Waals surface area contributed by atoms with Gasteiger partial charge < -0.3 is 4.98 Å². The molecular formula is C10H7FN2. The molecule has 0 amide bonds. The molecule has 3 heteroatoms. The second kappa shape index (κ2) is 2.60. The second-order valence-electron chi connectivity index (χ2n) is 2.91. The average molecular weight is 174 g/mol. The number of aromatic nitrogens is 1. The third kappa shape index (κ3) is 0.994. The Labute approximate surface area is 74.6 Å². The Balaban J connectivity index is 2.95. The van der Waals surface area contributed by atoms with Crippen molar-refractivity contribution < 1.29 is 4.39 Å². The summed E-state index contributed by atoms with van der Waals surface area (Å²) in [5.41, 5.74) is 1.88. The molecule has 0 saturated heterocycles. The van der Waals surface area contributed by atoms with Crippen LogP contribution in [0.4, 0.5) is 4.39 Å². The van der Waals surface area contributed by atoms with Crippen molar-refractivity contribution in [1.82, 2.24) is 4.98 Å². The lowest BCUT2D eigenvalue weighted by molar-refractivity contribution is 0.639. The van der Waals surface area contributed by atoms with Crippen molar-refractivity contribution >= 4 is 10.9 Å². The van der Waals surface area contributed by atoms with Crippen molar-refractivity contribution in [3.63, 3.8) is 0 Å². The fourth-order valence-corrected chi connectivity index (χ4v) is 1.44. The van der Waals surface area contributed by atoms with Gasteiger partial charge in [0.1, 0.15) is 5.82 Å². The van der Waals surface area contributed by atoms with E-state index in [4.69, 9.17) is 5.26 Å². The smallest absolute Gasteiger partial charge is 0.133 e. The van der Waals surface area contributed by atoms with Crippen LogP contribution < -0.4 is 0 Å². The van der Waals surface area contributed by atoms with Gasteiger partial charge in [0.25, 0.3) is 0 Å². The van der Waals surface area contributed by atoms with E-state index in [1.54, 1.807) is 19.2 Å². The summed E-state index contributed by atoms with van der Waals surface area (Å²) in [7, 11) is 0. The van der Waals surface area contributed by atoms with Crippen LogP contribution in [0.5, 0.6) is 0 Å². The Bertz CT molecular complexity index is 505. The minimum absolute atomic E-state index is 0.349. The molecule has 0 aliphatic rings. The van der Waals surface area contributed by atoms with Gasteiger partial charge in [0.05, 0.1) is 17.1 Å². The van der Waals surface area contributed by atoms with E-state index in [2.05, 4.69) is 4.98 Å². The number of aryl methyl sites for hydroxylation is 1. The maximum Gasteiger partial charge on any atom is 0.133 e. The maximum absolute atomic E-state index is 13.3. The second-order valence-corrected chi connectivity index (χ2v) is 2.91. The molecule has 13 heavy (non-hydrogen) atoms. The number of halogens is 1. The first-order chi connectivity index (χ1) is 6.24. The monoisotopic (exact) mass is 174 g/mol. The molecule has 64 valence electrons. The number of benzene rings is 1. The first-order valence-electron chi connectivity index (χ1n) is 3.90. The van der Waals surface area contributed by atoms with Gasteiger partial charge in [-0.05, 0) is 24.6 Å². The van der Waals surface area contributed by atoms with E-state index in [1.807, 2.05) is 6.07 Å². The van der Waals surface area contributed by atoms with Gasteiger partial charge in [-0.15, -0.1) is 0 Å². The number of rotatable bonds is 0. The summed E-state index contributed by atoms with van der Waals surface area (Å²) < 4.78 is 13.3. The normalized spacial score (nSPS) is 10.2. The molecule has 1 aromatic carbocycles. The average Bonchev–Trinajstić information content (AvgIpc) is 2.60. The van der Waals surface area contributed by atoms with Crippen molar-refractivity contribution in [2.24, 2.45) is 0 Å². The summed E-state index contributed by atoms with van der Waals surface area (Å²) in [5, 5.41) is 9.25. The summed E-state index contributed by atoms with van der Waals surface area (Å²) in [6, 6.07) is 4.89. The topological polar surface area (TPSA) is 39.6 Å². The highest BCUT2D eigenvalue weighted by Crippen LogP contribution is 2.22. The molecule has 0 fully saturated rings. The Kier molecular flexibility index (Phi) is 1.56. The molecule has 0 aliphatic heterocycles. The van der Waals surface area contributed by atoms with Crippen LogP contribution in [0.1, 0.15) is 11.1 Å². The van der Waals surface area contributed by atoms with Crippen LogP contribution in [-0.2, 0) is 0 Å². The maximum atomic E-state index is 13.3. The largest absolute Gasteiger partial charge is 0.361 e. The van der Waals surface area contributed by atoms with Gasteiger partial charge in [-0.3, -0.25) is 0 Å². The van der Waals surface area contributed by atoms with Gasteiger partial charge in [-0.1, -0.05) is 0 Å². The summed E-state index contributed by atoms with van der Waals surface area (Å²) in [6.45, 7) is 1.80. The van der Waals surface area contributed by atoms with Crippen molar-refractivity contribution in [2.45, 2.75) is 6.92 Å². The zero-order valence-corrected chi connectivity index (χ0v) is 7.06. The minimum atomic E-state index is -0.349. The molecule has 0 unspecified atom stereocenters. The molecule has 1 heterocycles. The Morgan fingerprint density at radius 1 is 1.54 bits per heavy atom. The molecule has 2 aromatic rings. The van der Waals surface area contributed by atoms with Crippen molar-refractivity contribution in [3.05, 3.63) is 35.3 Å². The number of hydrogen-bond donors (Lipinski definition) is 1. The Morgan fingerprint density at radius 2 is 2.31 bits per heavy atom. The van der Waals surface area contributed by atoms with Crippen LogP contribution in [0.2, 0.25) is 0 Å². The summed E-state index contributed by atoms with van der Waals surface area (Å²) in [4.78, 5) is 2.91. The zero-order valence-electron chi connectivity index (χ0n) is 7.06. The lowest BCUT2D eigenvalue weighted by Crippen LogP contribution is -1.87. The molecule has 2 rings (SSSR count). The standard InChI is InChI=1S/C10H7FN2/c1-6-7(5-12)4-9(11)8-2-3-13-10(6)8/h2-4,13H,1H3.